The topological polar surface area (TPSA) is 93.9 Å². The van der Waals surface area contributed by atoms with Crippen LogP contribution in [0.2, 0.25) is 0 Å². The number of para-hydroxylation sites is 1. The number of hydrogen-bond acceptors (Lipinski definition) is 5. The van der Waals surface area contributed by atoms with E-state index in [0.29, 0.717) is 19.4 Å². The zero-order valence-electron chi connectivity index (χ0n) is 21.5. The molecule has 2 fully saturated rings. The van der Waals surface area contributed by atoms with E-state index in [9.17, 15) is 14.7 Å². The highest BCUT2D eigenvalue weighted by Crippen LogP contribution is 2.55. The highest BCUT2D eigenvalue weighted by atomic mass is 16.5. The van der Waals surface area contributed by atoms with Crippen molar-refractivity contribution in [1.29, 1.82) is 0 Å². The van der Waals surface area contributed by atoms with Crippen LogP contribution >= 0.6 is 0 Å². The molecular formula is C28H37N3O5. The van der Waals surface area contributed by atoms with Gasteiger partial charge in [0, 0.05) is 43.1 Å². The third kappa shape index (κ3) is 4.51. The van der Waals surface area contributed by atoms with E-state index in [1.165, 1.54) is 0 Å². The molecule has 8 nitrogen and oxygen atoms in total. The summed E-state index contributed by atoms with van der Waals surface area (Å²) in [7, 11) is 0. The molecule has 1 N–H and O–H groups in total. The van der Waals surface area contributed by atoms with Gasteiger partial charge in [0.25, 0.3) is 0 Å². The number of carbonyl (C=O) groups is 2. The first kappa shape index (κ1) is 24.8. The molecule has 1 amide bonds. The summed E-state index contributed by atoms with van der Waals surface area (Å²) in [6.07, 6.45) is 4.09. The Morgan fingerprint density at radius 2 is 2.03 bits per heavy atom. The molecule has 2 aromatic rings. The van der Waals surface area contributed by atoms with E-state index >= 15 is 0 Å². The van der Waals surface area contributed by atoms with Crippen LogP contribution in [-0.4, -0.2) is 56.0 Å². The number of carbonyl (C=O) groups excluding carboxylic acids is 1. The maximum Gasteiger partial charge on any atom is 0.303 e. The van der Waals surface area contributed by atoms with Crippen molar-refractivity contribution < 1.29 is 24.2 Å². The highest BCUT2D eigenvalue weighted by molar-refractivity contribution is 5.77. The van der Waals surface area contributed by atoms with Crippen LogP contribution in [0.15, 0.2) is 30.3 Å². The van der Waals surface area contributed by atoms with Gasteiger partial charge < -0.3 is 19.5 Å². The Kier molecular flexibility index (Phi) is 6.57. The number of carboxylic acids is 1. The summed E-state index contributed by atoms with van der Waals surface area (Å²) < 4.78 is 15.1. The van der Waals surface area contributed by atoms with Crippen LogP contribution in [0.25, 0.3) is 0 Å². The standard InChI is InChI=1S/C28H37N3O5/c1-19-16-20(2)31(29-19)15-6-10-24(32)30-14-7-12-28(30)17-22-26(35-18-28)21-8-4-5-9-23(21)36-27(22,3)13-11-25(33)34/h4-5,8-9,16,22,26H,6-7,10-15,17-18H2,1-3H3,(H,33,34)/t22-,26+,27+,28+/m1/s1. The van der Waals surface area contributed by atoms with Gasteiger partial charge >= 0.3 is 5.97 Å². The molecule has 194 valence electrons. The van der Waals surface area contributed by atoms with Crippen LogP contribution in [0.1, 0.15) is 74.9 Å². The van der Waals surface area contributed by atoms with Crippen LogP contribution in [0.4, 0.5) is 0 Å². The summed E-state index contributed by atoms with van der Waals surface area (Å²) in [5.74, 6) is 0.0668. The van der Waals surface area contributed by atoms with Crippen LogP contribution in [0.3, 0.4) is 0 Å². The van der Waals surface area contributed by atoms with Crippen LogP contribution in [0.5, 0.6) is 5.75 Å². The second-order valence-corrected chi connectivity index (χ2v) is 11.0. The van der Waals surface area contributed by atoms with Crippen LogP contribution in [0, 0.1) is 19.8 Å². The minimum atomic E-state index is -0.832. The molecule has 1 spiro atoms. The van der Waals surface area contributed by atoms with Crippen LogP contribution < -0.4 is 4.74 Å². The summed E-state index contributed by atoms with van der Waals surface area (Å²) in [6, 6.07) is 9.95. The highest BCUT2D eigenvalue weighted by Gasteiger charge is 2.57. The molecule has 0 bridgehead atoms. The van der Waals surface area contributed by atoms with E-state index in [2.05, 4.69) is 16.1 Å². The fraction of sp³-hybridized carbons (Fsp3) is 0.607. The molecule has 5 rings (SSSR count). The third-order valence-electron chi connectivity index (χ3n) is 8.45. The predicted octanol–water partition coefficient (Wildman–Crippen LogP) is 4.44. The van der Waals surface area contributed by atoms with Crippen molar-refractivity contribution in [2.45, 2.75) is 89.5 Å². The maximum absolute atomic E-state index is 13.5. The first-order valence-corrected chi connectivity index (χ1v) is 13.1. The fourth-order valence-electron chi connectivity index (χ4n) is 6.61. The maximum atomic E-state index is 13.5. The minimum Gasteiger partial charge on any atom is -0.487 e. The van der Waals surface area contributed by atoms with Gasteiger partial charge in [0.15, 0.2) is 0 Å². The molecular weight excluding hydrogens is 458 g/mol. The molecule has 1 aromatic heterocycles. The molecule has 0 saturated carbocycles. The molecule has 0 aliphatic carbocycles. The van der Waals surface area contributed by atoms with Crippen molar-refractivity contribution in [1.82, 2.24) is 14.7 Å². The molecule has 4 heterocycles. The Hall–Kier alpha value is -2.87. The van der Waals surface area contributed by atoms with Gasteiger partial charge in [-0.3, -0.25) is 14.3 Å². The van der Waals surface area contributed by atoms with Crippen molar-refractivity contribution in [2.24, 2.45) is 5.92 Å². The number of nitrogens with zero attached hydrogens (tertiary/aromatic N) is 3. The average Bonchev–Trinajstić information content (AvgIpc) is 3.39. The summed E-state index contributed by atoms with van der Waals surface area (Å²) in [6.45, 7) is 8.01. The van der Waals surface area contributed by atoms with E-state index in [1.54, 1.807) is 0 Å². The first-order valence-electron chi connectivity index (χ1n) is 13.1. The number of hydrogen-bond donors (Lipinski definition) is 1. The Bertz CT molecular complexity index is 1150. The van der Waals surface area contributed by atoms with Gasteiger partial charge in [-0.05, 0) is 65.0 Å². The third-order valence-corrected chi connectivity index (χ3v) is 8.45. The Morgan fingerprint density at radius 1 is 1.22 bits per heavy atom. The van der Waals surface area contributed by atoms with E-state index < -0.39 is 11.6 Å². The lowest BCUT2D eigenvalue weighted by Crippen LogP contribution is -2.60. The van der Waals surface area contributed by atoms with Crippen molar-refractivity contribution in [3.8, 4) is 5.75 Å². The van der Waals surface area contributed by atoms with Gasteiger partial charge in [-0.2, -0.15) is 5.10 Å². The van der Waals surface area contributed by atoms with E-state index in [-0.39, 0.29) is 29.9 Å². The van der Waals surface area contributed by atoms with Gasteiger partial charge in [-0.15, -0.1) is 0 Å². The van der Waals surface area contributed by atoms with Gasteiger partial charge in [-0.1, -0.05) is 18.2 Å². The zero-order chi connectivity index (χ0) is 25.5. The second-order valence-electron chi connectivity index (χ2n) is 11.0. The summed E-state index contributed by atoms with van der Waals surface area (Å²) in [4.78, 5) is 27.0. The summed E-state index contributed by atoms with van der Waals surface area (Å²) >= 11 is 0. The largest absolute Gasteiger partial charge is 0.487 e. The first-order chi connectivity index (χ1) is 17.2. The minimum absolute atomic E-state index is 0.0316. The number of carboxylic acid groups (broad SMARTS) is 1. The molecule has 0 radical (unpaired) electrons. The number of fused-ring (bicyclic) bond motifs is 3. The molecule has 2 saturated heterocycles. The monoisotopic (exact) mass is 495 g/mol. The lowest BCUT2D eigenvalue weighted by atomic mass is 9.68. The summed E-state index contributed by atoms with van der Waals surface area (Å²) in [5, 5.41) is 13.9. The van der Waals surface area contributed by atoms with Gasteiger partial charge in [-0.25, -0.2) is 0 Å². The number of benzene rings is 1. The fourth-order valence-corrected chi connectivity index (χ4v) is 6.61. The number of amides is 1. The molecule has 4 atom stereocenters. The number of aliphatic carboxylic acids is 1. The van der Waals surface area contributed by atoms with Crippen molar-refractivity contribution in [3.05, 3.63) is 47.3 Å². The molecule has 0 unspecified atom stereocenters. The summed E-state index contributed by atoms with van der Waals surface area (Å²) in [5.41, 5.74) is 2.08. The SMILES string of the molecule is Cc1cc(C)n(CCCC(=O)N2CCC[C@]23CO[C@H]2c4ccccc4O[C@@](C)(CCC(=O)O)[C@@H]2C3)n1. The van der Waals surface area contributed by atoms with E-state index in [4.69, 9.17) is 9.47 Å². The number of aryl methyl sites for hydroxylation is 3. The van der Waals surface area contributed by atoms with Gasteiger partial charge in [0.05, 0.1) is 23.9 Å². The number of ether oxygens (including phenoxy) is 2. The molecule has 8 heteroatoms. The normalized spacial score (nSPS) is 29.0. The number of likely N-dealkylation sites (tertiary alicyclic amines) is 1. The van der Waals surface area contributed by atoms with Crippen molar-refractivity contribution >= 4 is 11.9 Å². The number of aromatic nitrogens is 2. The van der Waals surface area contributed by atoms with E-state index in [1.807, 2.05) is 49.7 Å². The molecule has 1 aromatic carbocycles. The van der Waals surface area contributed by atoms with E-state index in [0.717, 1.165) is 61.5 Å². The second kappa shape index (κ2) is 9.54. The lowest BCUT2D eigenvalue weighted by Gasteiger charge is -2.54. The van der Waals surface area contributed by atoms with Gasteiger partial charge in [0.2, 0.25) is 5.91 Å². The predicted molar refractivity (Wildman–Crippen MR) is 134 cm³/mol. The Balaban J connectivity index is 1.34. The average molecular weight is 496 g/mol. The van der Waals surface area contributed by atoms with Crippen molar-refractivity contribution in [3.63, 3.8) is 0 Å². The zero-order valence-corrected chi connectivity index (χ0v) is 21.5. The number of rotatable bonds is 7. The van der Waals surface area contributed by atoms with Crippen LogP contribution in [-0.2, 0) is 20.9 Å². The molecule has 3 aliphatic rings. The lowest BCUT2D eigenvalue weighted by molar-refractivity contribution is -0.180. The smallest absolute Gasteiger partial charge is 0.303 e. The quantitative estimate of drug-likeness (QED) is 0.611. The van der Waals surface area contributed by atoms with Crippen molar-refractivity contribution in [2.75, 3.05) is 13.2 Å². The molecule has 36 heavy (non-hydrogen) atoms. The van der Waals surface area contributed by atoms with Gasteiger partial charge in [0.1, 0.15) is 11.4 Å². The Morgan fingerprint density at radius 3 is 2.78 bits per heavy atom. The Labute approximate surface area is 212 Å². The molecule has 3 aliphatic heterocycles.